The molecule has 1 unspecified atom stereocenters. The largest absolute Gasteiger partial charge is 0.496 e. The van der Waals surface area contributed by atoms with Gasteiger partial charge in [-0.25, -0.2) is 4.39 Å². The van der Waals surface area contributed by atoms with Crippen LogP contribution in [0.3, 0.4) is 0 Å². The van der Waals surface area contributed by atoms with Crippen LogP contribution >= 0.6 is 15.9 Å². The van der Waals surface area contributed by atoms with Crippen LogP contribution in [0.4, 0.5) is 4.39 Å². The molecule has 0 bridgehead atoms. The highest BCUT2D eigenvalue weighted by Crippen LogP contribution is 2.30. The van der Waals surface area contributed by atoms with Gasteiger partial charge < -0.3 is 10.5 Å². The molecule has 0 aliphatic carbocycles. The van der Waals surface area contributed by atoms with Crippen LogP contribution in [-0.2, 0) is 0 Å². The maximum atomic E-state index is 13.3. The Morgan fingerprint density at radius 1 is 1.10 bits per heavy atom. The molecule has 20 heavy (non-hydrogen) atoms. The monoisotopic (exact) mass is 337 g/mol. The van der Waals surface area contributed by atoms with E-state index in [4.69, 9.17) is 10.5 Å². The first kappa shape index (κ1) is 15.0. The van der Waals surface area contributed by atoms with Gasteiger partial charge in [-0.2, -0.15) is 0 Å². The molecule has 1 atom stereocenters. The van der Waals surface area contributed by atoms with Gasteiger partial charge in [-0.3, -0.25) is 0 Å². The van der Waals surface area contributed by atoms with Gasteiger partial charge in [0.25, 0.3) is 0 Å². The highest BCUT2D eigenvalue weighted by molar-refractivity contribution is 9.10. The summed E-state index contributed by atoms with van der Waals surface area (Å²) in [5, 5.41) is 0. The molecule has 0 heterocycles. The average Bonchev–Trinajstić information content (AvgIpc) is 2.40. The second kappa shape index (κ2) is 5.94. The molecule has 0 aliphatic rings. The fourth-order valence-corrected chi connectivity index (χ4v) is 2.78. The lowest BCUT2D eigenvalue weighted by atomic mass is 9.96. The number of methoxy groups -OCH3 is 1. The highest BCUT2D eigenvalue weighted by Gasteiger charge is 2.14. The summed E-state index contributed by atoms with van der Waals surface area (Å²) in [5.74, 6) is 0.587. The van der Waals surface area contributed by atoms with Crippen molar-refractivity contribution in [1.29, 1.82) is 0 Å². The molecule has 0 aromatic heterocycles. The van der Waals surface area contributed by atoms with Crippen molar-refractivity contribution in [3.63, 3.8) is 0 Å². The lowest BCUT2D eigenvalue weighted by Crippen LogP contribution is -2.13. The predicted octanol–water partition coefficient (Wildman–Crippen LogP) is 4.26. The third kappa shape index (κ3) is 2.86. The van der Waals surface area contributed by atoms with Crippen LogP contribution in [0.15, 0.2) is 34.8 Å². The number of rotatable bonds is 3. The summed E-state index contributed by atoms with van der Waals surface area (Å²) in [6, 6.07) is 8.56. The smallest absolute Gasteiger partial charge is 0.137 e. The zero-order chi connectivity index (χ0) is 14.9. The molecule has 0 amide bonds. The van der Waals surface area contributed by atoms with Crippen molar-refractivity contribution in [2.24, 2.45) is 5.73 Å². The molecule has 0 saturated carbocycles. The Bertz CT molecular complexity index is 619. The summed E-state index contributed by atoms with van der Waals surface area (Å²) in [6.07, 6.45) is 0. The topological polar surface area (TPSA) is 35.2 Å². The van der Waals surface area contributed by atoms with Crippen molar-refractivity contribution < 1.29 is 9.13 Å². The first-order chi connectivity index (χ1) is 9.43. The fraction of sp³-hybridized carbons (Fsp3) is 0.250. The van der Waals surface area contributed by atoms with Crippen molar-refractivity contribution in [1.82, 2.24) is 0 Å². The van der Waals surface area contributed by atoms with E-state index in [1.165, 1.54) is 6.07 Å². The molecule has 2 rings (SSSR count). The number of nitrogens with two attached hydrogens (primary N) is 1. The van der Waals surface area contributed by atoms with E-state index < -0.39 is 0 Å². The van der Waals surface area contributed by atoms with E-state index >= 15 is 0 Å². The highest BCUT2D eigenvalue weighted by atomic mass is 79.9. The summed E-state index contributed by atoms with van der Waals surface area (Å²) in [5.41, 5.74) is 10.2. The van der Waals surface area contributed by atoms with Crippen LogP contribution in [0.25, 0.3) is 0 Å². The molecule has 4 heteroatoms. The van der Waals surface area contributed by atoms with Gasteiger partial charge in [0.05, 0.1) is 17.6 Å². The van der Waals surface area contributed by atoms with Gasteiger partial charge in [-0.15, -0.1) is 0 Å². The maximum Gasteiger partial charge on any atom is 0.137 e. The van der Waals surface area contributed by atoms with E-state index in [-0.39, 0.29) is 11.9 Å². The molecule has 0 radical (unpaired) electrons. The summed E-state index contributed by atoms with van der Waals surface area (Å²) in [7, 11) is 1.66. The van der Waals surface area contributed by atoms with E-state index in [0.717, 1.165) is 28.0 Å². The van der Waals surface area contributed by atoms with Gasteiger partial charge >= 0.3 is 0 Å². The van der Waals surface area contributed by atoms with Crippen molar-refractivity contribution in [3.05, 3.63) is 62.9 Å². The van der Waals surface area contributed by atoms with Crippen LogP contribution in [0.2, 0.25) is 0 Å². The zero-order valence-corrected chi connectivity index (χ0v) is 13.3. The Morgan fingerprint density at radius 3 is 2.20 bits per heavy atom. The normalized spacial score (nSPS) is 12.3. The molecule has 2 N–H and O–H groups in total. The number of ether oxygens (including phenoxy) is 1. The molecule has 2 aromatic carbocycles. The van der Waals surface area contributed by atoms with Crippen LogP contribution in [-0.4, -0.2) is 7.11 Å². The van der Waals surface area contributed by atoms with Crippen LogP contribution in [0, 0.1) is 19.7 Å². The fourth-order valence-electron chi connectivity index (χ4n) is 2.38. The zero-order valence-electron chi connectivity index (χ0n) is 11.7. The Hall–Kier alpha value is -1.39. The van der Waals surface area contributed by atoms with Gasteiger partial charge in [-0.1, -0.05) is 18.2 Å². The molecule has 0 aliphatic heterocycles. The minimum absolute atomic E-state index is 0.289. The summed E-state index contributed by atoms with van der Waals surface area (Å²) in [4.78, 5) is 0. The molecule has 0 spiro atoms. The first-order valence-corrected chi connectivity index (χ1v) is 7.09. The predicted molar refractivity (Wildman–Crippen MR) is 82.6 cm³/mol. The number of hydrogen-bond acceptors (Lipinski definition) is 2. The molecule has 2 nitrogen and oxygen atoms in total. The molecule has 0 saturated heterocycles. The number of halogens is 2. The molecular formula is C16H17BrFNO. The van der Waals surface area contributed by atoms with Crippen LogP contribution in [0.5, 0.6) is 5.75 Å². The third-order valence-electron chi connectivity index (χ3n) is 3.35. The number of aryl methyl sites for hydroxylation is 2. The number of hydrogen-bond donors (Lipinski definition) is 1. The molecular weight excluding hydrogens is 321 g/mol. The summed E-state index contributed by atoms with van der Waals surface area (Å²) >= 11 is 3.19. The third-order valence-corrected chi connectivity index (χ3v) is 3.96. The summed E-state index contributed by atoms with van der Waals surface area (Å²) in [6.45, 7) is 3.98. The van der Waals surface area contributed by atoms with Crippen molar-refractivity contribution in [3.8, 4) is 5.75 Å². The van der Waals surface area contributed by atoms with Crippen LogP contribution < -0.4 is 10.5 Å². The lowest BCUT2D eigenvalue weighted by molar-refractivity contribution is 0.408. The second-order valence-electron chi connectivity index (χ2n) is 4.84. The minimum atomic E-state index is -0.296. The lowest BCUT2D eigenvalue weighted by Gasteiger charge is -2.17. The summed E-state index contributed by atoms with van der Waals surface area (Å²) < 4.78 is 19.1. The average molecular weight is 338 g/mol. The standard InChI is InChI=1S/C16H17BrFNO/c1-9-6-12(7-10(2)16(9)20-3)15(19)11-4-5-14(18)13(17)8-11/h4-8,15H,19H2,1-3H3. The van der Waals surface area contributed by atoms with Gasteiger partial charge in [0.2, 0.25) is 0 Å². The quantitative estimate of drug-likeness (QED) is 0.907. The van der Waals surface area contributed by atoms with Gasteiger partial charge in [0, 0.05) is 0 Å². The Labute approximate surface area is 126 Å². The molecule has 0 fully saturated rings. The van der Waals surface area contributed by atoms with Gasteiger partial charge in [0.15, 0.2) is 0 Å². The van der Waals surface area contributed by atoms with Crippen molar-refractivity contribution in [2.45, 2.75) is 19.9 Å². The van der Waals surface area contributed by atoms with Crippen molar-refractivity contribution >= 4 is 15.9 Å². The van der Waals surface area contributed by atoms with Crippen LogP contribution in [0.1, 0.15) is 28.3 Å². The van der Waals surface area contributed by atoms with E-state index in [2.05, 4.69) is 15.9 Å². The molecule has 2 aromatic rings. The Kier molecular flexibility index (Phi) is 4.45. The Morgan fingerprint density at radius 2 is 1.70 bits per heavy atom. The van der Waals surface area contributed by atoms with E-state index in [0.29, 0.717) is 4.47 Å². The minimum Gasteiger partial charge on any atom is -0.496 e. The first-order valence-electron chi connectivity index (χ1n) is 6.29. The molecule has 106 valence electrons. The van der Waals surface area contributed by atoms with E-state index in [9.17, 15) is 4.39 Å². The Balaban J connectivity index is 2.42. The number of benzene rings is 2. The van der Waals surface area contributed by atoms with Gasteiger partial charge in [0.1, 0.15) is 11.6 Å². The van der Waals surface area contributed by atoms with Gasteiger partial charge in [-0.05, 0) is 64.2 Å². The SMILES string of the molecule is COc1c(C)cc(C(N)c2ccc(F)c(Br)c2)cc1C. The second-order valence-corrected chi connectivity index (χ2v) is 5.69. The van der Waals surface area contributed by atoms with Crippen molar-refractivity contribution in [2.75, 3.05) is 7.11 Å². The van der Waals surface area contributed by atoms with E-state index in [1.54, 1.807) is 19.2 Å². The van der Waals surface area contributed by atoms with E-state index in [1.807, 2.05) is 26.0 Å². The maximum absolute atomic E-state index is 13.3.